The monoisotopic (exact) mass is 231 g/mol. The van der Waals surface area contributed by atoms with Crippen LogP contribution in [0.5, 0.6) is 0 Å². The molecule has 2 unspecified atom stereocenters. The van der Waals surface area contributed by atoms with Gasteiger partial charge in [-0.2, -0.15) is 10.4 Å². The summed E-state index contributed by atoms with van der Waals surface area (Å²) in [6.45, 7) is 0. The highest BCUT2D eigenvalue weighted by Crippen LogP contribution is 2.48. The van der Waals surface area contributed by atoms with Gasteiger partial charge in [-0.3, -0.25) is 5.43 Å². The van der Waals surface area contributed by atoms with E-state index in [-0.39, 0.29) is 0 Å². The lowest BCUT2D eigenvalue weighted by molar-refractivity contribution is 0.544. The Morgan fingerprint density at radius 1 is 1.50 bits per heavy atom. The number of hydrazone groups is 1. The second-order valence-electron chi connectivity index (χ2n) is 3.67. The Hall–Kier alpha value is -1.87. The Morgan fingerprint density at radius 2 is 2.31 bits per heavy atom. The number of nitriles is 1. The Bertz CT molecular complexity index is 493. The zero-order valence-electron chi connectivity index (χ0n) is 8.27. The molecular formula is C10H9N5S. The van der Waals surface area contributed by atoms with Crippen LogP contribution >= 0.6 is 11.8 Å². The van der Waals surface area contributed by atoms with E-state index < -0.39 is 10.9 Å². The summed E-state index contributed by atoms with van der Waals surface area (Å²) in [5.74, 6) is -0.139. The van der Waals surface area contributed by atoms with Crippen molar-refractivity contribution < 1.29 is 0 Å². The molecule has 0 saturated carbocycles. The minimum absolute atomic E-state index is 0.329. The van der Waals surface area contributed by atoms with Crippen molar-refractivity contribution in [1.29, 1.82) is 5.26 Å². The van der Waals surface area contributed by atoms with Gasteiger partial charge in [-0.15, -0.1) is 0 Å². The number of nitrogens with zero attached hydrogens (tertiary/aromatic N) is 2. The first kappa shape index (κ1) is 9.36. The van der Waals surface area contributed by atoms with Crippen LogP contribution in [0.1, 0.15) is 0 Å². The molecule has 0 amide bonds. The first-order valence-electron chi connectivity index (χ1n) is 4.81. The van der Waals surface area contributed by atoms with E-state index in [0.717, 1.165) is 10.6 Å². The minimum atomic E-state index is -0.636. The third-order valence-corrected chi connectivity index (χ3v) is 3.99. The molecule has 80 valence electrons. The van der Waals surface area contributed by atoms with Crippen molar-refractivity contribution in [3.8, 4) is 6.07 Å². The van der Waals surface area contributed by atoms with Crippen molar-refractivity contribution in [2.45, 2.75) is 9.89 Å². The molecule has 2 aliphatic rings. The van der Waals surface area contributed by atoms with Gasteiger partial charge in [0.05, 0.1) is 11.8 Å². The second kappa shape index (κ2) is 3.06. The van der Waals surface area contributed by atoms with E-state index >= 15 is 0 Å². The van der Waals surface area contributed by atoms with Crippen LogP contribution in [0, 0.1) is 17.2 Å². The first-order valence-corrected chi connectivity index (χ1v) is 5.63. The third-order valence-electron chi connectivity index (χ3n) is 2.66. The van der Waals surface area contributed by atoms with Crippen LogP contribution in [0.15, 0.2) is 34.3 Å². The summed E-state index contributed by atoms with van der Waals surface area (Å²) in [5.41, 5.74) is 9.62. The normalized spacial score (nSPS) is 30.2. The number of nitrogens with two attached hydrogens (primary N) is 1. The molecule has 6 heteroatoms. The number of hydrogen-bond donors (Lipinski definition) is 3. The van der Waals surface area contributed by atoms with Gasteiger partial charge in [0.1, 0.15) is 5.84 Å². The van der Waals surface area contributed by atoms with E-state index in [1.54, 1.807) is 11.8 Å². The van der Waals surface area contributed by atoms with Crippen LogP contribution < -0.4 is 16.5 Å². The van der Waals surface area contributed by atoms with E-state index in [1.807, 2.05) is 24.3 Å². The number of benzene rings is 1. The van der Waals surface area contributed by atoms with Gasteiger partial charge in [-0.1, -0.05) is 23.9 Å². The summed E-state index contributed by atoms with van der Waals surface area (Å²) < 4.78 is 0. The number of hydrogen-bond acceptors (Lipinski definition) is 6. The number of anilines is 1. The summed E-state index contributed by atoms with van der Waals surface area (Å²) in [5, 5.41) is 16.4. The van der Waals surface area contributed by atoms with E-state index in [0.29, 0.717) is 5.84 Å². The lowest BCUT2D eigenvalue weighted by Gasteiger charge is -2.25. The molecule has 2 heterocycles. The molecule has 0 aliphatic carbocycles. The molecule has 1 spiro atoms. The fourth-order valence-corrected chi connectivity index (χ4v) is 3.15. The van der Waals surface area contributed by atoms with Gasteiger partial charge in [0.15, 0.2) is 10.9 Å². The topological polar surface area (TPSA) is 86.2 Å². The largest absolute Gasteiger partial charge is 0.384 e. The highest BCUT2D eigenvalue weighted by molar-refractivity contribution is 8.01. The maximum atomic E-state index is 9.14. The lowest BCUT2D eigenvalue weighted by atomic mass is 10.1. The predicted octanol–water partition coefficient (Wildman–Crippen LogP) is 0.873. The first-order chi connectivity index (χ1) is 7.75. The summed E-state index contributed by atoms with van der Waals surface area (Å²) in [6, 6.07) is 10.1. The molecule has 0 radical (unpaired) electrons. The molecule has 0 aromatic heterocycles. The van der Waals surface area contributed by atoms with E-state index in [9.17, 15) is 0 Å². The van der Waals surface area contributed by atoms with Crippen LogP contribution in [0.2, 0.25) is 0 Å². The number of rotatable bonds is 0. The summed E-state index contributed by atoms with van der Waals surface area (Å²) in [4.78, 5) is 0.461. The number of amidine groups is 1. The molecule has 2 atom stereocenters. The molecule has 5 nitrogen and oxygen atoms in total. The maximum Gasteiger partial charge on any atom is 0.200 e. The quantitative estimate of drug-likeness (QED) is 0.617. The van der Waals surface area contributed by atoms with Gasteiger partial charge in [-0.25, -0.2) is 0 Å². The van der Waals surface area contributed by atoms with Gasteiger partial charge >= 0.3 is 0 Å². The van der Waals surface area contributed by atoms with Crippen LogP contribution in [-0.2, 0) is 0 Å². The van der Waals surface area contributed by atoms with Crippen LogP contribution in [0.3, 0.4) is 0 Å². The minimum Gasteiger partial charge on any atom is -0.384 e. The van der Waals surface area contributed by atoms with E-state index in [1.165, 1.54) is 0 Å². The highest BCUT2D eigenvalue weighted by atomic mass is 32.2. The van der Waals surface area contributed by atoms with Crippen molar-refractivity contribution in [2.75, 3.05) is 5.32 Å². The van der Waals surface area contributed by atoms with E-state index in [4.69, 9.17) is 11.0 Å². The number of para-hydroxylation sites is 1. The van der Waals surface area contributed by atoms with Gasteiger partial charge in [0.2, 0.25) is 0 Å². The standard InChI is InChI=1S/C10H9N5S/c11-5-6-9(12)14-15-10(6)13-7-3-1-2-4-8(7)16-10/h1-4,6,13,15H,(H2,12,14). The van der Waals surface area contributed by atoms with Crippen LogP contribution in [0.4, 0.5) is 5.69 Å². The fourth-order valence-electron chi connectivity index (χ4n) is 1.88. The van der Waals surface area contributed by atoms with Crippen molar-refractivity contribution in [1.82, 2.24) is 5.43 Å². The molecule has 0 saturated heterocycles. The number of nitrogens with one attached hydrogen (secondary N) is 2. The smallest absolute Gasteiger partial charge is 0.200 e. The molecule has 1 aromatic carbocycles. The van der Waals surface area contributed by atoms with Crippen molar-refractivity contribution in [3.63, 3.8) is 0 Å². The maximum absolute atomic E-state index is 9.14. The van der Waals surface area contributed by atoms with Gasteiger partial charge in [-0.05, 0) is 12.1 Å². The zero-order valence-corrected chi connectivity index (χ0v) is 9.08. The summed E-state index contributed by atoms with van der Waals surface area (Å²) in [7, 11) is 0. The Balaban J connectivity index is 1.99. The van der Waals surface area contributed by atoms with Gasteiger partial charge in [0, 0.05) is 4.90 Å². The molecule has 0 bridgehead atoms. The Morgan fingerprint density at radius 3 is 3.06 bits per heavy atom. The van der Waals surface area contributed by atoms with Crippen LogP contribution in [0.25, 0.3) is 0 Å². The lowest BCUT2D eigenvalue weighted by Crippen LogP contribution is -2.48. The predicted molar refractivity (Wildman–Crippen MR) is 62.5 cm³/mol. The van der Waals surface area contributed by atoms with Crippen molar-refractivity contribution >= 4 is 23.3 Å². The molecule has 3 rings (SSSR count). The van der Waals surface area contributed by atoms with Gasteiger partial charge < -0.3 is 11.1 Å². The van der Waals surface area contributed by atoms with Crippen molar-refractivity contribution in [3.05, 3.63) is 24.3 Å². The van der Waals surface area contributed by atoms with Crippen LogP contribution in [-0.4, -0.2) is 10.8 Å². The molecular weight excluding hydrogens is 222 g/mol. The summed E-state index contributed by atoms with van der Waals surface area (Å²) in [6.07, 6.45) is 0. The fraction of sp³-hybridized carbons (Fsp3) is 0.200. The Labute approximate surface area is 96.7 Å². The molecule has 16 heavy (non-hydrogen) atoms. The number of thioether (sulfide) groups is 1. The van der Waals surface area contributed by atoms with Gasteiger partial charge in [0.25, 0.3) is 0 Å². The molecule has 0 fully saturated rings. The third kappa shape index (κ3) is 1.09. The highest BCUT2D eigenvalue weighted by Gasteiger charge is 2.50. The SMILES string of the molecule is N#CC1C(N)=NNC12Nc1ccccc1S2. The zero-order chi connectivity index (χ0) is 11.2. The van der Waals surface area contributed by atoms with E-state index in [2.05, 4.69) is 21.9 Å². The average molecular weight is 231 g/mol. The molecule has 2 aliphatic heterocycles. The summed E-state index contributed by atoms with van der Waals surface area (Å²) >= 11 is 1.54. The van der Waals surface area contributed by atoms with Crippen molar-refractivity contribution in [2.24, 2.45) is 16.8 Å². The molecule has 4 N–H and O–H groups in total. The molecule has 1 aromatic rings. The average Bonchev–Trinajstić information content (AvgIpc) is 2.80. The number of fused-ring (bicyclic) bond motifs is 1. The second-order valence-corrected chi connectivity index (χ2v) is 4.96. The Kier molecular flexibility index (Phi) is 1.79.